The third-order valence-corrected chi connectivity index (χ3v) is 6.32. The molecule has 1 aromatic heterocycles. The third-order valence-electron chi connectivity index (χ3n) is 6.32. The van der Waals surface area contributed by atoms with Gasteiger partial charge in [-0.15, -0.1) is 0 Å². The van der Waals surface area contributed by atoms with E-state index in [0.717, 1.165) is 53.9 Å². The van der Waals surface area contributed by atoms with E-state index >= 15 is 0 Å². The van der Waals surface area contributed by atoms with E-state index in [-0.39, 0.29) is 0 Å². The number of nitrogens with one attached hydrogen (secondary N) is 3. The van der Waals surface area contributed by atoms with Crippen molar-refractivity contribution in [3.63, 3.8) is 0 Å². The zero-order chi connectivity index (χ0) is 21.4. The Bertz CT molecular complexity index is 1140. The molecule has 1 unspecified atom stereocenters. The van der Waals surface area contributed by atoms with E-state index in [4.69, 9.17) is 10.7 Å². The Morgan fingerprint density at radius 2 is 1.81 bits per heavy atom. The molecule has 0 amide bonds. The number of aliphatic imine (C=N–C) groups is 1. The van der Waals surface area contributed by atoms with Crippen LogP contribution >= 0.6 is 0 Å². The highest BCUT2D eigenvalue weighted by Crippen LogP contribution is 2.34. The molecule has 1 atom stereocenters. The molecule has 0 spiro atoms. The lowest BCUT2D eigenvalue weighted by atomic mass is 9.90. The van der Waals surface area contributed by atoms with Crippen molar-refractivity contribution in [1.82, 2.24) is 15.2 Å². The molecule has 0 aliphatic carbocycles. The van der Waals surface area contributed by atoms with Crippen LogP contribution in [-0.4, -0.2) is 49.1 Å². The number of aromatic nitrogens is 1. The van der Waals surface area contributed by atoms with Gasteiger partial charge in [0.1, 0.15) is 0 Å². The van der Waals surface area contributed by atoms with Gasteiger partial charge in [-0.05, 0) is 55.9 Å². The highest BCUT2D eigenvalue weighted by atomic mass is 15.3. The molecule has 31 heavy (non-hydrogen) atoms. The minimum absolute atomic E-state index is 0.632. The lowest BCUT2D eigenvalue weighted by Gasteiger charge is -2.34. The van der Waals surface area contributed by atoms with E-state index < -0.39 is 5.66 Å². The molecule has 5 rings (SSSR count). The third kappa shape index (κ3) is 3.66. The molecule has 2 aromatic carbocycles. The quantitative estimate of drug-likeness (QED) is 0.529. The summed E-state index contributed by atoms with van der Waals surface area (Å²) in [7, 11) is 2.17. The highest BCUT2D eigenvalue weighted by molar-refractivity contribution is 5.96. The van der Waals surface area contributed by atoms with Crippen LogP contribution in [0.3, 0.4) is 0 Å². The number of hydrogen-bond donors (Lipinski definition) is 4. The van der Waals surface area contributed by atoms with Crippen LogP contribution in [0.4, 0.5) is 11.4 Å². The van der Waals surface area contributed by atoms with Crippen LogP contribution in [0.25, 0.3) is 10.9 Å². The number of anilines is 2. The molecular formula is C24H29N7. The Hall–Kier alpha value is -3.29. The Balaban J connectivity index is 1.38. The summed E-state index contributed by atoms with van der Waals surface area (Å²) in [5.74, 6) is 0.632. The van der Waals surface area contributed by atoms with Crippen molar-refractivity contribution in [3.8, 4) is 0 Å². The van der Waals surface area contributed by atoms with Crippen molar-refractivity contribution in [1.29, 1.82) is 0 Å². The van der Waals surface area contributed by atoms with Crippen LogP contribution in [0.5, 0.6) is 0 Å². The van der Waals surface area contributed by atoms with Gasteiger partial charge in [0, 0.05) is 66.4 Å². The van der Waals surface area contributed by atoms with Crippen LogP contribution < -0.4 is 21.3 Å². The Labute approximate surface area is 182 Å². The molecule has 0 saturated carbocycles. The SMILES string of the molecule is CC1=CNC(Nc2ccc(N3CCN(C)CC3)cc2)=NC1(N)c1cccc2[nH]ccc12. The lowest BCUT2D eigenvalue weighted by Crippen LogP contribution is -2.45. The molecule has 1 fully saturated rings. The van der Waals surface area contributed by atoms with Gasteiger partial charge in [-0.25, -0.2) is 4.99 Å². The van der Waals surface area contributed by atoms with Gasteiger partial charge in [0.25, 0.3) is 0 Å². The van der Waals surface area contributed by atoms with Gasteiger partial charge in [0.05, 0.1) is 0 Å². The summed E-state index contributed by atoms with van der Waals surface area (Å²) in [5.41, 5.74) is 11.1. The van der Waals surface area contributed by atoms with Crippen molar-refractivity contribution in [2.75, 3.05) is 43.4 Å². The molecular weight excluding hydrogens is 386 g/mol. The number of aromatic amines is 1. The van der Waals surface area contributed by atoms with Crippen LogP contribution in [0.15, 0.2) is 71.5 Å². The van der Waals surface area contributed by atoms with E-state index in [1.807, 2.05) is 43.6 Å². The van der Waals surface area contributed by atoms with Gasteiger partial charge in [0.2, 0.25) is 5.96 Å². The number of rotatable bonds is 3. The van der Waals surface area contributed by atoms with Crippen molar-refractivity contribution < 1.29 is 0 Å². The fourth-order valence-electron chi connectivity index (χ4n) is 4.29. The van der Waals surface area contributed by atoms with Gasteiger partial charge in [-0.2, -0.15) is 0 Å². The number of hydrogen-bond acceptors (Lipinski definition) is 6. The molecule has 0 radical (unpaired) electrons. The maximum Gasteiger partial charge on any atom is 0.202 e. The summed E-state index contributed by atoms with van der Waals surface area (Å²) in [6, 6.07) is 16.7. The first kappa shape index (κ1) is 19.7. The molecule has 2 aliphatic heterocycles. The van der Waals surface area contributed by atoms with Crippen LogP contribution in [0, 0.1) is 0 Å². The molecule has 7 heteroatoms. The summed E-state index contributed by atoms with van der Waals surface area (Å²) in [5, 5.41) is 7.71. The van der Waals surface area contributed by atoms with Crippen molar-refractivity contribution in [3.05, 3.63) is 72.1 Å². The second kappa shape index (κ2) is 7.76. The fraction of sp³-hybridized carbons (Fsp3) is 0.292. The van der Waals surface area contributed by atoms with E-state index in [9.17, 15) is 0 Å². The summed E-state index contributed by atoms with van der Waals surface area (Å²) >= 11 is 0. The van der Waals surface area contributed by atoms with E-state index in [0.29, 0.717) is 5.96 Å². The number of guanidine groups is 1. The van der Waals surface area contributed by atoms with Crippen LogP contribution in [0.2, 0.25) is 0 Å². The second-order valence-electron chi connectivity index (χ2n) is 8.41. The Morgan fingerprint density at radius 1 is 1.03 bits per heavy atom. The lowest BCUT2D eigenvalue weighted by molar-refractivity contribution is 0.313. The molecule has 3 aromatic rings. The van der Waals surface area contributed by atoms with Crippen molar-refractivity contribution in [2.24, 2.45) is 10.7 Å². The number of fused-ring (bicyclic) bond motifs is 1. The number of H-pyrrole nitrogens is 1. The highest BCUT2D eigenvalue weighted by Gasteiger charge is 2.33. The first-order valence-electron chi connectivity index (χ1n) is 10.7. The van der Waals surface area contributed by atoms with Gasteiger partial charge in [0.15, 0.2) is 5.66 Å². The topological polar surface area (TPSA) is 84.7 Å². The number of likely N-dealkylation sites (N-methyl/N-ethyl adjacent to an activating group) is 1. The summed E-state index contributed by atoms with van der Waals surface area (Å²) < 4.78 is 0. The Morgan fingerprint density at radius 3 is 2.58 bits per heavy atom. The normalized spacial score (nSPS) is 22.1. The van der Waals surface area contributed by atoms with E-state index in [1.165, 1.54) is 5.69 Å². The second-order valence-corrected chi connectivity index (χ2v) is 8.41. The number of nitrogens with two attached hydrogens (primary N) is 1. The average Bonchev–Trinajstić information content (AvgIpc) is 3.26. The minimum atomic E-state index is -0.935. The summed E-state index contributed by atoms with van der Waals surface area (Å²) in [6.45, 7) is 6.31. The van der Waals surface area contributed by atoms with Crippen molar-refractivity contribution >= 4 is 28.2 Å². The average molecular weight is 416 g/mol. The largest absolute Gasteiger partial charge is 0.369 e. The maximum atomic E-state index is 6.87. The first-order valence-corrected chi connectivity index (χ1v) is 10.7. The van der Waals surface area contributed by atoms with Gasteiger partial charge in [-0.1, -0.05) is 12.1 Å². The van der Waals surface area contributed by atoms with Gasteiger partial charge >= 0.3 is 0 Å². The van der Waals surface area contributed by atoms with Gasteiger partial charge in [-0.3, -0.25) is 5.73 Å². The summed E-state index contributed by atoms with van der Waals surface area (Å²) in [6.07, 6.45) is 3.86. The predicted octanol–water partition coefficient (Wildman–Crippen LogP) is 3.01. The number of nitrogens with zero attached hydrogens (tertiary/aromatic N) is 3. The molecule has 7 nitrogen and oxygen atoms in total. The number of benzene rings is 2. The van der Waals surface area contributed by atoms with E-state index in [1.54, 1.807) is 0 Å². The van der Waals surface area contributed by atoms with Crippen LogP contribution in [0.1, 0.15) is 12.5 Å². The molecule has 3 heterocycles. The Kier molecular flexibility index (Phi) is 4.92. The zero-order valence-corrected chi connectivity index (χ0v) is 18.0. The first-order chi connectivity index (χ1) is 15.0. The number of piperazine rings is 1. The monoisotopic (exact) mass is 415 g/mol. The smallest absolute Gasteiger partial charge is 0.202 e. The maximum absolute atomic E-state index is 6.87. The van der Waals surface area contributed by atoms with E-state index in [2.05, 4.69) is 56.7 Å². The molecule has 160 valence electrons. The zero-order valence-electron chi connectivity index (χ0n) is 18.0. The fourth-order valence-corrected chi connectivity index (χ4v) is 4.29. The molecule has 2 aliphatic rings. The van der Waals surface area contributed by atoms with Crippen LogP contribution in [-0.2, 0) is 5.66 Å². The summed E-state index contributed by atoms with van der Waals surface area (Å²) in [4.78, 5) is 12.9. The predicted molar refractivity (Wildman–Crippen MR) is 128 cm³/mol. The molecule has 1 saturated heterocycles. The van der Waals surface area contributed by atoms with Crippen molar-refractivity contribution in [2.45, 2.75) is 12.6 Å². The molecule has 0 bridgehead atoms. The molecule has 5 N–H and O–H groups in total. The van der Waals surface area contributed by atoms with Gasteiger partial charge < -0.3 is 25.4 Å². The minimum Gasteiger partial charge on any atom is -0.369 e. The standard InChI is InChI=1S/C24H29N7/c1-17-16-27-23(29-24(17,25)21-4-3-5-22-20(21)10-11-26-22)28-18-6-8-19(9-7-18)31-14-12-30(2)13-15-31/h3-11,16,26H,12-15,25H2,1-2H3,(H2,27,28,29).